The molecule has 1 N–H and O–H groups in total. The Hall–Kier alpha value is -5.95. The van der Waals surface area contributed by atoms with Crippen LogP contribution in [0.4, 0.5) is 8.78 Å². The van der Waals surface area contributed by atoms with Gasteiger partial charge in [0.1, 0.15) is 29.1 Å². The van der Waals surface area contributed by atoms with Crippen LogP contribution in [0.3, 0.4) is 0 Å². The Morgan fingerprint density at radius 3 is 2.61 bits per heavy atom. The third-order valence-corrected chi connectivity index (χ3v) is 8.87. The van der Waals surface area contributed by atoms with Gasteiger partial charge in [-0.15, -0.1) is 11.3 Å². The van der Waals surface area contributed by atoms with Crippen molar-refractivity contribution in [2.24, 2.45) is 0 Å². The summed E-state index contributed by atoms with van der Waals surface area (Å²) in [5, 5.41) is 19.1. The van der Waals surface area contributed by atoms with E-state index in [9.17, 15) is 9.90 Å². The molecule has 6 aromatic rings. The fourth-order valence-corrected chi connectivity index (χ4v) is 6.03. The highest BCUT2D eigenvalue weighted by Gasteiger charge is 2.24. The maximum atomic E-state index is 15.6. The zero-order chi connectivity index (χ0) is 33.9. The number of fused-ring (bicyclic) bond motifs is 1. The van der Waals surface area contributed by atoms with E-state index in [4.69, 9.17) is 14.7 Å². The summed E-state index contributed by atoms with van der Waals surface area (Å²) < 4.78 is 44.4. The van der Waals surface area contributed by atoms with E-state index in [-0.39, 0.29) is 47.4 Å². The fourth-order valence-electron chi connectivity index (χ4n) is 5.34. The number of benzene rings is 3. The maximum Gasteiger partial charge on any atom is 0.335 e. The Morgan fingerprint density at radius 2 is 1.86 bits per heavy atom. The Morgan fingerprint density at radius 1 is 1.04 bits per heavy atom. The number of aromatic nitrogens is 4. The number of carboxylic acids is 1. The molecule has 0 saturated carbocycles. The van der Waals surface area contributed by atoms with Crippen molar-refractivity contribution in [2.75, 3.05) is 6.61 Å². The predicted molar refractivity (Wildman–Crippen MR) is 177 cm³/mol. The van der Waals surface area contributed by atoms with Gasteiger partial charge in [-0.05, 0) is 78.6 Å². The van der Waals surface area contributed by atoms with E-state index >= 15 is 8.78 Å². The van der Waals surface area contributed by atoms with Gasteiger partial charge in [0.25, 0.3) is 0 Å². The number of thiazole rings is 1. The normalized spacial score (nSPS) is 13.7. The summed E-state index contributed by atoms with van der Waals surface area (Å²) in [5.41, 5.74) is 2.87. The number of carbonyl (C=O) groups is 1. The molecule has 1 aliphatic rings. The van der Waals surface area contributed by atoms with Crippen molar-refractivity contribution in [1.82, 2.24) is 19.5 Å². The molecule has 3 aromatic carbocycles. The number of imidazole rings is 1. The van der Waals surface area contributed by atoms with Crippen LogP contribution in [0.15, 0.2) is 79.0 Å². The number of aromatic carboxylic acids is 1. The van der Waals surface area contributed by atoms with Gasteiger partial charge in [-0.2, -0.15) is 5.26 Å². The maximum absolute atomic E-state index is 15.6. The smallest absolute Gasteiger partial charge is 0.335 e. The topological polar surface area (TPSA) is 123 Å². The Balaban J connectivity index is 1.07. The summed E-state index contributed by atoms with van der Waals surface area (Å²) >= 11 is 1.36. The number of rotatable bonds is 9. The highest BCUT2D eigenvalue weighted by Crippen LogP contribution is 2.29. The van der Waals surface area contributed by atoms with Crippen LogP contribution in [-0.2, 0) is 24.3 Å². The van der Waals surface area contributed by atoms with Crippen molar-refractivity contribution >= 4 is 28.3 Å². The quantitative estimate of drug-likeness (QED) is 0.167. The average molecular weight is 674 g/mol. The second-order valence-corrected chi connectivity index (χ2v) is 12.4. The van der Waals surface area contributed by atoms with Crippen molar-refractivity contribution in [3.8, 4) is 35.0 Å². The lowest BCUT2D eigenvalue weighted by Gasteiger charge is -2.27. The molecule has 242 valence electrons. The molecule has 0 radical (unpaired) electrons. The Bertz CT molecular complexity index is 2310. The highest BCUT2D eigenvalue weighted by molar-refractivity contribution is 7.12. The summed E-state index contributed by atoms with van der Waals surface area (Å²) in [6.07, 6.45) is 2.40. The van der Waals surface area contributed by atoms with Gasteiger partial charge in [-0.3, -0.25) is 0 Å². The van der Waals surface area contributed by atoms with Crippen molar-refractivity contribution in [3.05, 3.63) is 129 Å². The second-order valence-electron chi connectivity index (χ2n) is 11.2. The van der Waals surface area contributed by atoms with Crippen molar-refractivity contribution in [3.63, 3.8) is 0 Å². The zero-order valence-electron chi connectivity index (χ0n) is 25.7. The van der Waals surface area contributed by atoms with Crippen LogP contribution in [0.2, 0.25) is 0 Å². The van der Waals surface area contributed by atoms with E-state index < -0.39 is 17.6 Å². The van der Waals surface area contributed by atoms with Crippen LogP contribution in [0.1, 0.15) is 49.2 Å². The number of hydrogen-bond acceptors (Lipinski definition) is 8. The van der Waals surface area contributed by atoms with Gasteiger partial charge in [0, 0.05) is 30.2 Å². The summed E-state index contributed by atoms with van der Waals surface area (Å²) in [6, 6.07) is 20.8. The van der Waals surface area contributed by atoms with Gasteiger partial charge in [0.15, 0.2) is 0 Å². The summed E-state index contributed by atoms with van der Waals surface area (Å²) in [4.78, 5) is 25.7. The summed E-state index contributed by atoms with van der Waals surface area (Å²) in [7, 11) is 0. The standard InChI is InChI=1S/C37H25F2N5O4S/c38-29-17-28(30(39)14-25(29)16-34-42-32-11-9-24(37(45)46)15-33(32)44(34)20-26-12-13-47-26)31-2-1-3-35(43-31)48-21-36-41-19-27(49-36)10-8-22-4-6-23(18-40)7-5-22/h1-7,9,11,14-15,17,19,26H,12-13,16,20-21H2,(H,45,46)/t26-/m0/s1. The monoisotopic (exact) mass is 673 g/mol. The molecule has 0 spiro atoms. The fraction of sp³-hybridized carbons (Fsp3) is 0.162. The van der Waals surface area contributed by atoms with Crippen LogP contribution in [0, 0.1) is 34.8 Å². The molecule has 1 atom stereocenters. The van der Waals surface area contributed by atoms with E-state index in [1.807, 2.05) is 4.57 Å². The van der Waals surface area contributed by atoms with Gasteiger partial charge >= 0.3 is 5.97 Å². The molecule has 12 heteroatoms. The van der Waals surface area contributed by atoms with E-state index in [0.717, 1.165) is 29.0 Å². The van der Waals surface area contributed by atoms with Gasteiger partial charge in [0.2, 0.25) is 5.88 Å². The summed E-state index contributed by atoms with van der Waals surface area (Å²) in [6.45, 7) is 1.16. The zero-order valence-corrected chi connectivity index (χ0v) is 26.5. The Labute approximate surface area is 283 Å². The molecular weight excluding hydrogens is 649 g/mol. The lowest BCUT2D eigenvalue weighted by Crippen LogP contribution is -2.31. The molecule has 4 heterocycles. The molecular formula is C37H25F2N5O4S. The number of carboxylic acid groups (broad SMARTS) is 1. The molecule has 7 rings (SSSR count). The minimum atomic E-state index is -1.07. The first-order valence-electron chi connectivity index (χ1n) is 15.2. The average Bonchev–Trinajstić information content (AvgIpc) is 3.69. The van der Waals surface area contributed by atoms with Crippen LogP contribution in [0.25, 0.3) is 22.3 Å². The van der Waals surface area contributed by atoms with Gasteiger partial charge in [-0.25, -0.2) is 28.5 Å². The molecule has 0 aliphatic carbocycles. The van der Waals surface area contributed by atoms with E-state index in [1.165, 1.54) is 23.5 Å². The largest absolute Gasteiger partial charge is 0.478 e. The first-order valence-corrected chi connectivity index (χ1v) is 16.0. The van der Waals surface area contributed by atoms with Gasteiger partial charge in [-0.1, -0.05) is 12.0 Å². The minimum absolute atomic E-state index is 0.0168. The molecule has 3 aromatic heterocycles. The number of hydrogen-bond donors (Lipinski definition) is 1. The number of halogens is 2. The molecule has 0 bridgehead atoms. The van der Waals surface area contributed by atoms with Crippen molar-refractivity contribution < 1.29 is 28.2 Å². The van der Waals surface area contributed by atoms with Crippen LogP contribution in [0.5, 0.6) is 5.88 Å². The predicted octanol–water partition coefficient (Wildman–Crippen LogP) is 6.76. The van der Waals surface area contributed by atoms with Crippen LogP contribution >= 0.6 is 11.3 Å². The molecule has 9 nitrogen and oxygen atoms in total. The van der Waals surface area contributed by atoms with E-state index in [2.05, 4.69) is 32.9 Å². The molecule has 1 saturated heterocycles. The molecule has 49 heavy (non-hydrogen) atoms. The lowest BCUT2D eigenvalue weighted by molar-refractivity contribution is -0.0589. The molecule has 0 amide bonds. The SMILES string of the molecule is N#Cc1ccc(C#Cc2cnc(COc3cccc(-c4cc(F)c(Cc5nc6ccc(C(=O)O)cc6n5C[C@@H]5CCO5)cc4F)n3)s2)cc1. The first-order chi connectivity index (χ1) is 23.8. The van der Waals surface area contributed by atoms with Gasteiger partial charge < -0.3 is 19.1 Å². The first kappa shape index (κ1) is 31.6. The number of nitrogens with zero attached hydrogens (tertiary/aromatic N) is 5. The van der Waals surface area contributed by atoms with Crippen molar-refractivity contribution in [2.45, 2.75) is 32.1 Å². The lowest BCUT2D eigenvalue weighted by atomic mass is 10.0. The molecule has 1 aliphatic heterocycles. The number of pyridine rings is 1. The van der Waals surface area contributed by atoms with Crippen LogP contribution < -0.4 is 4.74 Å². The number of nitriles is 1. The van der Waals surface area contributed by atoms with Gasteiger partial charge in [0.05, 0.1) is 57.6 Å². The third kappa shape index (κ3) is 7.02. The van der Waals surface area contributed by atoms with E-state index in [0.29, 0.717) is 40.6 Å². The van der Waals surface area contributed by atoms with E-state index in [1.54, 1.807) is 54.7 Å². The molecule has 1 fully saturated rings. The highest BCUT2D eigenvalue weighted by atomic mass is 32.1. The summed E-state index contributed by atoms with van der Waals surface area (Å²) in [5.74, 6) is 4.42. The minimum Gasteiger partial charge on any atom is -0.478 e. The molecule has 0 unspecified atom stereocenters. The Kier molecular flexibility index (Phi) is 8.81. The third-order valence-electron chi connectivity index (χ3n) is 7.98. The second kappa shape index (κ2) is 13.6. The van der Waals surface area contributed by atoms with Crippen molar-refractivity contribution in [1.29, 1.82) is 5.26 Å². The van der Waals surface area contributed by atoms with Crippen LogP contribution in [-0.4, -0.2) is 43.3 Å². The number of ether oxygens (including phenoxy) is 2.